The monoisotopic (exact) mass is 613 g/mol. The molecule has 2 fully saturated rings. The Morgan fingerprint density at radius 2 is 1.85 bits per heavy atom. The Labute approximate surface area is 251 Å². The fraction of sp³-hybridized carbons (Fsp3) is 0.355. The fourth-order valence-corrected chi connectivity index (χ4v) is 7.66. The maximum atomic E-state index is 14.2. The summed E-state index contributed by atoms with van der Waals surface area (Å²) in [4.78, 5) is 20.2. The van der Waals surface area contributed by atoms with Gasteiger partial charge in [-0.3, -0.25) is 9.52 Å². The number of pyridine rings is 1. The number of benzene rings is 2. The van der Waals surface area contributed by atoms with E-state index in [9.17, 15) is 13.2 Å². The van der Waals surface area contributed by atoms with Gasteiger partial charge < -0.3 is 9.64 Å². The lowest BCUT2D eigenvalue weighted by atomic mass is 9.88. The summed E-state index contributed by atoms with van der Waals surface area (Å²) in [5.41, 5.74) is 1.66. The normalized spacial score (nSPS) is 22.7. The molecular weight excluding hydrogens is 581 g/mol. The highest BCUT2D eigenvalue weighted by molar-refractivity contribution is 7.94. The highest BCUT2D eigenvalue weighted by Crippen LogP contribution is 2.51. The number of hydrogen-bond acceptors (Lipinski definition) is 5. The van der Waals surface area contributed by atoms with Gasteiger partial charge >= 0.3 is 0 Å². The molecule has 0 unspecified atom stereocenters. The quantitative estimate of drug-likeness (QED) is 0.233. The number of ether oxygens (including phenoxy) is 1. The van der Waals surface area contributed by atoms with Gasteiger partial charge in [-0.05, 0) is 73.2 Å². The number of hydrogen-bond donors (Lipinski definition) is 1. The summed E-state index contributed by atoms with van der Waals surface area (Å²) >= 11 is 12.6. The predicted molar refractivity (Wildman–Crippen MR) is 162 cm³/mol. The smallest absolute Gasteiger partial charge is 0.252 e. The van der Waals surface area contributed by atoms with Gasteiger partial charge in [-0.25, -0.2) is 13.4 Å². The van der Waals surface area contributed by atoms with Crippen molar-refractivity contribution in [2.75, 3.05) is 4.72 Å². The summed E-state index contributed by atoms with van der Waals surface area (Å²) in [7, 11) is -3.78. The Morgan fingerprint density at radius 3 is 2.46 bits per heavy atom. The lowest BCUT2D eigenvalue weighted by Crippen LogP contribution is -2.55. The molecule has 1 saturated heterocycles. The van der Waals surface area contributed by atoms with Crippen LogP contribution in [0.1, 0.15) is 62.3 Å². The minimum Gasteiger partial charge on any atom is -0.358 e. The maximum absolute atomic E-state index is 14.2. The van der Waals surface area contributed by atoms with Crippen molar-refractivity contribution in [3.8, 4) is 0 Å². The van der Waals surface area contributed by atoms with Crippen LogP contribution in [0.3, 0.4) is 0 Å². The van der Waals surface area contributed by atoms with Crippen molar-refractivity contribution in [2.24, 2.45) is 0 Å². The zero-order chi connectivity index (χ0) is 29.2. The number of nitrogens with one attached hydrogen (secondary N) is 1. The van der Waals surface area contributed by atoms with Crippen molar-refractivity contribution in [1.29, 1.82) is 0 Å². The molecule has 216 valence electrons. The van der Waals surface area contributed by atoms with Crippen molar-refractivity contribution in [3.05, 3.63) is 107 Å². The Balaban J connectivity index is 1.56. The number of carbonyl (C=O) groups excluding carboxylic acids is 1. The number of amides is 1. The highest BCUT2D eigenvalue weighted by Gasteiger charge is 2.57. The number of sulfonamides is 1. The molecule has 1 saturated carbocycles. The Kier molecular flexibility index (Phi) is 8.76. The number of morpholine rings is 1. The van der Waals surface area contributed by atoms with E-state index in [1.807, 2.05) is 42.2 Å². The second-order valence-corrected chi connectivity index (χ2v) is 13.6. The molecule has 7 nitrogen and oxygen atoms in total. The lowest BCUT2D eigenvalue weighted by molar-refractivity contribution is -0.179. The molecule has 2 heterocycles. The summed E-state index contributed by atoms with van der Waals surface area (Å²) in [6.45, 7) is 5.82. The van der Waals surface area contributed by atoms with E-state index in [4.69, 9.17) is 27.9 Å². The van der Waals surface area contributed by atoms with E-state index in [2.05, 4.69) is 16.3 Å². The molecule has 0 bridgehead atoms. The van der Waals surface area contributed by atoms with E-state index in [1.165, 1.54) is 0 Å². The Bertz CT molecular complexity index is 1500. The molecule has 1 aliphatic heterocycles. The molecule has 1 amide bonds. The van der Waals surface area contributed by atoms with Crippen LogP contribution in [-0.4, -0.2) is 41.1 Å². The number of carbonyl (C=O) groups is 1. The van der Waals surface area contributed by atoms with Gasteiger partial charge in [-0.2, -0.15) is 0 Å². The second-order valence-electron chi connectivity index (χ2n) is 10.6. The van der Waals surface area contributed by atoms with Gasteiger partial charge in [0.25, 0.3) is 5.91 Å². The molecule has 1 aliphatic carbocycles. The zero-order valence-corrected chi connectivity index (χ0v) is 25.1. The average molecular weight is 615 g/mol. The SMILES string of the molecule is C=CC[C@@H]1O[C@H](c2cccc(Cl)c2)[C@@H](c2ccc(Cl)cc2)N([C@@H](CC)CC2(S(=O)(=O)Nc3ccccn3)CC2)C1=O. The highest BCUT2D eigenvalue weighted by atomic mass is 35.5. The lowest BCUT2D eigenvalue weighted by Gasteiger charge is -2.48. The predicted octanol–water partition coefficient (Wildman–Crippen LogP) is 7.12. The molecule has 2 aromatic carbocycles. The topological polar surface area (TPSA) is 88.6 Å². The van der Waals surface area contributed by atoms with Gasteiger partial charge in [-0.1, -0.05) is 66.5 Å². The second kappa shape index (κ2) is 12.1. The van der Waals surface area contributed by atoms with Crippen LogP contribution in [-0.2, 0) is 19.6 Å². The summed E-state index contributed by atoms with van der Waals surface area (Å²) in [6.07, 6.45) is 4.06. The number of aromatic nitrogens is 1. The summed E-state index contributed by atoms with van der Waals surface area (Å²) < 4.78 is 35.5. The van der Waals surface area contributed by atoms with Crippen molar-refractivity contribution in [3.63, 3.8) is 0 Å². The molecule has 10 heteroatoms. The summed E-state index contributed by atoms with van der Waals surface area (Å²) in [5.74, 6) is 0.0845. The Morgan fingerprint density at radius 1 is 1.10 bits per heavy atom. The third kappa shape index (κ3) is 6.16. The summed E-state index contributed by atoms with van der Waals surface area (Å²) in [5, 5.41) is 1.13. The molecule has 0 radical (unpaired) electrons. The standard InChI is InChI=1S/C31H33Cl2N3O4S/c1-3-8-26-30(37)36(25(4-2)20-31(16-17-31)41(38,39)35-27-11-5-6-18-34-27)28(21-12-14-23(32)15-13-21)29(40-26)22-9-7-10-24(33)19-22/h3,5-7,9-15,18-19,25-26,28-29H,1,4,8,16-17,20H2,2H3,(H,34,35)/t25-,26-,28+,29+/m0/s1. The molecule has 1 aromatic heterocycles. The number of nitrogens with zero attached hydrogens (tertiary/aromatic N) is 2. The first-order valence-corrected chi connectivity index (χ1v) is 15.9. The Hall–Kier alpha value is -2.91. The molecule has 2 aliphatic rings. The van der Waals surface area contributed by atoms with Crippen LogP contribution in [0.25, 0.3) is 0 Å². The molecule has 1 N–H and O–H groups in total. The van der Waals surface area contributed by atoms with E-state index < -0.39 is 33.0 Å². The van der Waals surface area contributed by atoms with Crippen molar-refractivity contribution >= 4 is 45.0 Å². The fourth-order valence-electron chi connectivity index (χ4n) is 5.67. The van der Waals surface area contributed by atoms with E-state index in [-0.39, 0.29) is 24.2 Å². The summed E-state index contributed by atoms with van der Waals surface area (Å²) in [6, 6.07) is 19.0. The van der Waals surface area contributed by atoms with Gasteiger partial charge in [0.05, 0.1) is 10.8 Å². The van der Waals surface area contributed by atoms with Crippen LogP contribution in [0.2, 0.25) is 10.0 Å². The van der Waals surface area contributed by atoms with Crippen LogP contribution in [0, 0.1) is 0 Å². The van der Waals surface area contributed by atoms with Crippen molar-refractivity contribution in [1.82, 2.24) is 9.88 Å². The minimum atomic E-state index is -3.78. The van der Waals surface area contributed by atoms with Gasteiger partial charge in [0, 0.05) is 28.7 Å². The number of rotatable bonds is 11. The van der Waals surface area contributed by atoms with Crippen LogP contribution in [0.4, 0.5) is 5.82 Å². The molecular formula is C31H33Cl2N3O4S. The van der Waals surface area contributed by atoms with E-state index >= 15 is 0 Å². The molecule has 5 rings (SSSR count). The van der Waals surface area contributed by atoms with Crippen LogP contribution in [0.5, 0.6) is 0 Å². The molecule has 41 heavy (non-hydrogen) atoms. The van der Waals surface area contributed by atoms with Gasteiger partial charge in [0.1, 0.15) is 18.0 Å². The third-order valence-electron chi connectivity index (χ3n) is 7.95. The maximum Gasteiger partial charge on any atom is 0.252 e. The number of anilines is 1. The van der Waals surface area contributed by atoms with Crippen molar-refractivity contribution in [2.45, 2.75) is 68.1 Å². The zero-order valence-electron chi connectivity index (χ0n) is 22.7. The van der Waals surface area contributed by atoms with Crippen molar-refractivity contribution < 1.29 is 17.9 Å². The van der Waals surface area contributed by atoms with E-state index in [0.717, 1.165) is 11.1 Å². The molecule has 4 atom stereocenters. The van der Waals surface area contributed by atoms with Gasteiger partial charge in [0.2, 0.25) is 10.0 Å². The number of halogens is 2. The van der Waals surface area contributed by atoms with Gasteiger partial charge in [-0.15, -0.1) is 6.58 Å². The average Bonchev–Trinajstić information content (AvgIpc) is 3.75. The van der Waals surface area contributed by atoms with Crippen LogP contribution < -0.4 is 4.72 Å². The van der Waals surface area contributed by atoms with Crippen LogP contribution >= 0.6 is 23.2 Å². The minimum absolute atomic E-state index is 0.194. The third-order valence-corrected chi connectivity index (χ3v) is 10.6. The van der Waals surface area contributed by atoms with Gasteiger partial charge in [0.15, 0.2) is 0 Å². The molecule has 0 spiro atoms. The van der Waals surface area contributed by atoms with E-state index in [0.29, 0.717) is 35.7 Å². The first-order chi connectivity index (χ1) is 19.7. The molecule has 3 aromatic rings. The van der Waals surface area contributed by atoms with Crippen LogP contribution in [0.15, 0.2) is 85.6 Å². The largest absolute Gasteiger partial charge is 0.358 e. The van der Waals surface area contributed by atoms with E-state index in [1.54, 1.807) is 48.7 Å². The first kappa shape index (κ1) is 29.6. The first-order valence-electron chi connectivity index (χ1n) is 13.7.